The van der Waals surface area contributed by atoms with E-state index >= 15 is 0 Å². The Morgan fingerprint density at radius 3 is 2.69 bits per heavy atom. The van der Waals surface area contributed by atoms with Crippen molar-refractivity contribution in [2.45, 2.75) is 39.2 Å². The normalized spacial score (nSPS) is 14.6. The van der Waals surface area contributed by atoms with Crippen LogP contribution < -0.4 is 10.3 Å². The minimum absolute atomic E-state index is 0. The van der Waals surface area contributed by atoms with E-state index in [4.69, 9.17) is 14.5 Å². The molecular weight excluding hydrogens is 430 g/mol. The van der Waals surface area contributed by atoms with Crippen LogP contribution in [0.1, 0.15) is 44.1 Å². The second-order valence-corrected chi connectivity index (χ2v) is 7.89. The number of hydrogen-bond donors (Lipinski definition) is 1. The van der Waals surface area contributed by atoms with E-state index in [9.17, 15) is 4.79 Å². The van der Waals surface area contributed by atoms with Gasteiger partial charge in [0.15, 0.2) is 11.2 Å². The molecule has 1 fully saturated rings. The maximum Gasteiger partial charge on any atom is 0.279 e. The number of aromatic amines is 1. The van der Waals surface area contributed by atoms with Crippen molar-refractivity contribution in [1.82, 2.24) is 24.4 Å². The van der Waals surface area contributed by atoms with Crippen LogP contribution in [0.4, 0.5) is 0 Å². The van der Waals surface area contributed by atoms with Gasteiger partial charge < -0.3 is 19.0 Å². The van der Waals surface area contributed by atoms with Crippen LogP contribution >= 0.6 is 12.4 Å². The van der Waals surface area contributed by atoms with E-state index in [1.165, 1.54) is 0 Å². The van der Waals surface area contributed by atoms with E-state index in [1.807, 2.05) is 28.8 Å². The molecule has 1 saturated heterocycles. The second kappa shape index (κ2) is 11.4. The van der Waals surface area contributed by atoms with E-state index in [0.717, 1.165) is 57.0 Å². The van der Waals surface area contributed by atoms with Crippen LogP contribution in [0.15, 0.2) is 35.4 Å². The molecule has 1 aromatic carbocycles. The third kappa shape index (κ3) is 5.49. The molecule has 2 aromatic heterocycles. The molecule has 4 rings (SSSR count). The standard InChI is InChI=1S/C23H31N5O3.ClH/c1-3-18(4-2)28-16-24-21-22(28)25-20(26-23(21)29)15-17-7-5-6-8-19(17)31-14-11-27-9-12-30-13-10-27;/h5-8,16,18H,3-4,9-15H2,1-2H3,(H,25,26,29);1H. The quantitative estimate of drug-likeness (QED) is 0.526. The summed E-state index contributed by atoms with van der Waals surface area (Å²) in [5, 5.41) is 0. The highest BCUT2D eigenvalue weighted by Crippen LogP contribution is 2.22. The molecule has 32 heavy (non-hydrogen) atoms. The van der Waals surface area contributed by atoms with Crippen LogP contribution in [-0.4, -0.2) is 63.9 Å². The van der Waals surface area contributed by atoms with Crippen LogP contribution in [0.25, 0.3) is 11.2 Å². The number of para-hydroxylation sites is 1. The van der Waals surface area contributed by atoms with Crippen LogP contribution in [0.2, 0.25) is 0 Å². The number of benzene rings is 1. The van der Waals surface area contributed by atoms with Crippen LogP contribution in [0, 0.1) is 0 Å². The summed E-state index contributed by atoms with van der Waals surface area (Å²) < 4.78 is 13.5. The largest absolute Gasteiger partial charge is 0.492 e. The van der Waals surface area contributed by atoms with Gasteiger partial charge in [-0.15, -0.1) is 12.4 Å². The van der Waals surface area contributed by atoms with Gasteiger partial charge in [0.1, 0.15) is 18.2 Å². The molecule has 8 nitrogen and oxygen atoms in total. The minimum atomic E-state index is -0.199. The number of nitrogens with zero attached hydrogens (tertiary/aromatic N) is 4. The van der Waals surface area contributed by atoms with Crippen molar-refractivity contribution in [1.29, 1.82) is 0 Å². The number of ether oxygens (including phenoxy) is 2. The number of imidazole rings is 1. The number of aromatic nitrogens is 4. The van der Waals surface area contributed by atoms with Crippen molar-refractivity contribution in [3.8, 4) is 5.75 Å². The Balaban J connectivity index is 0.00000289. The molecule has 1 aliphatic heterocycles. The first kappa shape index (κ1) is 24.2. The third-order valence-electron chi connectivity index (χ3n) is 5.92. The average Bonchev–Trinajstić information content (AvgIpc) is 3.21. The summed E-state index contributed by atoms with van der Waals surface area (Å²) in [5.74, 6) is 1.45. The predicted octanol–water partition coefficient (Wildman–Crippen LogP) is 3.20. The Bertz CT molecular complexity index is 1060. The van der Waals surface area contributed by atoms with Gasteiger partial charge in [-0.25, -0.2) is 9.97 Å². The summed E-state index contributed by atoms with van der Waals surface area (Å²) in [4.78, 5) is 26.9. The fraction of sp³-hybridized carbons (Fsp3) is 0.522. The lowest BCUT2D eigenvalue weighted by molar-refractivity contribution is 0.0322. The molecule has 0 saturated carbocycles. The monoisotopic (exact) mass is 461 g/mol. The Morgan fingerprint density at radius 2 is 1.94 bits per heavy atom. The molecule has 3 heterocycles. The minimum Gasteiger partial charge on any atom is -0.492 e. The highest BCUT2D eigenvalue weighted by molar-refractivity contribution is 5.85. The molecule has 0 spiro atoms. The fourth-order valence-corrected chi connectivity index (χ4v) is 4.09. The van der Waals surface area contributed by atoms with Crippen LogP contribution in [0.5, 0.6) is 5.75 Å². The van der Waals surface area contributed by atoms with Gasteiger partial charge in [0.25, 0.3) is 5.56 Å². The van der Waals surface area contributed by atoms with Gasteiger partial charge in [-0.1, -0.05) is 32.0 Å². The maximum absolute atomic E-state index is 12.6. The van der Waals surface area contributed by atoms with Crippen molar-refractivity contribution >= 4 is 23.6 Å². The lowest BCUT2D eigenvalue weighted by Gasteiger charge is -2.26. The molecule has 3 aromatic rings. The first-order valence-electron chi connectivity index (χ1n) is 11.2. The molecule has 9 heteroatoms. The van der Waals surface area contributed by atoms with E-state index in [-0.39, 0.29) is 24.0 Å². The molecule has 1 aliphatic rings. The van der Waals surface area contributed by atoms with Gasteiger partial charge >= 0.3 is 0 Å². The van der Waals surface area contributed by atoms with Crippen molar-refractivity contribution in [2.24, 2.45) is 0 Å². The Labute approximate surface area is 194 Å². The summed E-state index contributed by atoms with van der Waals surface area (Å²) in [6.45, 7) is 9.21. The molecule has 0 atom stereocenters. The highest BCUT2D eigenvalue weighted by Gasteiger charge is 2.16. The number of rotatable bonds is 9. The zero-order chi connectivity index (χ0) is 21.6. The van der Waals surface area contributed by atoms with Gasteiger partial charge in [-0.05, 0) is 18.9 Å². The van der Waals surface area contributed by atoms with Crippen LogP contribution in [-0.2, 0) is 11.2 Å². The van der Waals surface area contributed by atoms with Gasteiger partial charge in [-0.2, -0.15) is 0 Å². The average molecular weight is 462 g/mol. The summed E-state index contributed by atoms with van der Waals surface area (Å²) in [6.07, 6.45) is 4.15. The molecule has 0 radical (unpaired) electrons. The van der Waals surface area contributed by atoms with Crippen molar-refractivity contribution in [2.75, 3.05) is 39.5 Å². The number of halogens is 1. The summed E-state index contributed by atoms with van der Waals surface area (Å²) in [7, 11) is 0. The third-order valence-corrected chi connectivity index (χ3v) is 5.92. The van der Waals surface area contributed by atoms with E-state index in [0.29, 0.717) is 30.0 Å². The lowest BCUT2D eigenvalue weighted by Crippen LogP contribution is -2.38. The number of nitrogens with one attached hydrogen (secondary N) is 1. The topological polar surface area (TPSA) is 85.3 Å². The predicted molar refractivity (Wildman–Crippen MR) is 127 cm³/mol. The van der Waals surface area contributed by atoms with Gasteiger partial charge in [0.2, 0.25) is 0 Å². The number of hydrogen-bond acceptors (Lipinski definition) is 6. The summed E-state index contributed by atoms with van der Waals surface area (Å²) >= 11 is 0. The zero-order valence-corrected chi connectivity index (χ0v) is 19.6. The van der Waals surface area contributed by atoms with Crippen LogP contribution in [0.3, 0.4) is 0 Å². The van der Waals surface area contributed by atoms with Crippen molar-refractivity contribution < 1.29 is 9.47 Å². The smallest absolute Gasteiger partial charge is 0.279 e. The lowest BCUT2D eigenvalue weighted by atomic mass is 10.1. The Kier molecular flexibility index (Phi) is 8.67. The first-order chi connectivity index (χ1) is 15.2. The molecule has 1 N–H and O–H groups in total. The van der Waals surface area contributed by atoms with E-state index < -0.39 is 0 Å². The summed E-state index contributed by atoms with van der Waals surface area (Å²) in [6, 6.07) is 8.22. The molecule has 0 bridgehead atoms. The first-order valence-corrected chi connectivity index (χ1v) is 11.2. The Hall–Kier alpha value is -2.42. The molecule has 0 aliphatic carbocycles. The van der Waals surface area contributed by atoms with Gasteiger partial charge in [-0.3, -0.25) is 9.69 Å². The molecule has 0 unspecified atom stereocenters. The van der Waals surface area contributed by atoms with Gasteiger partial charge in [0, 0.05) is 37.7 Å². The molecule has 174 valence electrons. The van der Waals surface area contributed by atoms with E-state index in [1.54, 1.807) is 6.33 Å². The number of fused-ring (bicyclic) bond motifs is 1. The highest BCUT2D eigenvalue weighted by atomic mass is 35.5. The second-order valence-electron chi connectivity index (χ2n) is 7.89. The maximum atomic E-state index is 12.6. The van der Waals surface area contributed by atoms with Crippen molar-refractivity contribution in [3.63, 3.8) is 0 Å². The summed E-state index contributed by atoms with van der Waals surface area (Å²) in [5.41, 5.74) is 1.85. The van der Waals surface area contributed by atoms with E-state index in [2.05, 4.69) is 28.7 Å². The molecular formula is C23H32ClN5O3. The fourth-order valence-electron chi connectivity index (χ4n) is 4.09. The zero-order valence-electron chi connectivity index (χ0n) is 18.7. The number of morpholine rings is 1. The van der Waals surface area contributed by atoms with Crippen molar-refractivity contribution in [3.05, 3.63) is 52.3 Å². The number of H-pyrrole nitrogens is 1. The Morgan fingerprint density at radius 1 is 1.19 bits per heavy atom. The molecule has 0 amide bonds. The SMILES string of the molecule is CCC(CC)n1cnc2c(=O)[nH]c(Cc3ccccc3OCCN3CCOCC3)nc21.Cl. The van der Waals surface area contributed by atoms with Gasteiger partial charge in [0.05, 0.1) is 19.5 Å².